The lowest BCUT2D eigenvalue weighted by Crippen LogP contribution is -2.52. The average molecular weight is 251 g/mol. The third kappa shape index (κ3) is 2.12. The van der Waals surface area contributed by atoms with E-state index in [1.165, 1.54) is 6.26 Å². The summed E-state index contributed by atoms with van der Waals surface area (Å²) in [6.07, 6.45) is 4.71. The number of carbonyl (C=O) groups is 2. The summed E-state index contributed by atoms with van der Waals surface area (Å²) in [6, 6.07) is 1.58. The van der Waals surface area contributed by atoms with E-state index in [1.54, 1.807) is 6.07 Å². The first kappa shape index (κ1) is 12.7. The van der Waals surface area contributed by atoms with Gasteiger partial charge in [0.2, 0.25) is 0 Å². The Kier molecular flexibility index (Phi) is 3.41. The number of carboxylic acid groups (broad SMARTS) is 1. The zero-order valence-electron chi connectivity index (χ0n) is 10.4. The van der Waals surface area contributed by atoms with Crippen LogP contribution in [0.15, 0.2) is 16.7 Å². The molecule has 5 heteroatoms. The summed E-state index contributed by atoms with van der Waals surface area (Å²) in [7, 11) is 0. The normalized spacial score (nSPS) is 17.6. The Labute approximate surface area is 105 Å². The lowest BCUT2D eigenvalue weighted by molar-refractivity contribution is -0.144. The second-order valence-electron chi connectivity index (χ2n) is 4.66. The van der Waals surface area contributed by atoms with Gasteiger partial charge in [0.15, 0.2) is 0 Å². The van der Waals surface area contributed by atoms with E-state index in [4.69, 9.17) is 4.42 Å². The molecule has 0 spiro atoms. The van der Waals surface area contributed by atoms with Crippen molar-refractivity contribution in [1.82, 2.24) is 5.32 Å². The number of carboxylic acids is 1. The number of hydrogen-bond acceptors (Lipinski definition) is 3. The molecule has 1 aliphatic rings. The molecule has 1 amide bonds. The van der Waals surface area contributed by atoms with Crippen LogP contribution < -0.4 is 5.32 Å². The molecular weight excluding hydrogens is 234 g/mol. The fraction of sp³-hybridized carbons (Fsp3) is 0.538. The number of aryl methyl sites for hydroxylation is 1. The van der Waals surface area contributed by atoms with E-state index in [2.05, 4.69) is 5.32 Å². The highest BCUT2D eigenvalue weighted by atomic mass is 16.4. The summed E-state index contributed by atoms with van der Waals surface area (Å²) in [5, 5.41) is 12.0. The van der Waals surface area contributed by atoms with E-state index in [0.717, 1.165) is 12.8 Å². The number of furan rings is 1. The Hall–Kier alpha value is -1.78. The monoisotopic (exact) mass is 251 g/mol. The molecular formula is C13H17NO4. The predicted octanol–water partition coefficient (Wildman–Crippen LogP) is 1.97. The van der Waals surface area contributed by atoms with Gasteiger partial charge in [-0.2, -0.15) is 0 Å². The van der Waals surface area contributed by atoms with Crippen LogP contribution in [0.2, 0.25) is 0 Å². The molecule has 2 rings (SSSR count). The molecule has 0 bridgehead atoms. The summed E-state index contributed by atoms with van der Waals surface area (Å²) >= 11 is 0. The third-order valence-electron chi connectivity index (χ3n) is 3.53. The molecule has 0 atom stereocenters. The number of aliphatic carboxylic acids is 1. The lowest BCUT2D eigenvalue weighted by atomic mass is 9.97. The van der Waals surface area contributed by atoms with Crippen molar-refractivity contribution >= 4 is 11.9 Å². The van der Waals surface area contributed by atoms with Crippen molar-refractivity contribution in [1.29, 1.82) is 0 Å². The van der Waals surface area contributed by atoms with Crippen molar-refractivity contribution in [3.63, 3.8) is 0 Å². The Balaban J connectivity index is 2.18. The highest BCUT2D eigenvalue weighted by Gasteiger charge is 2.43. The minimum Gasteiger partial charge on any atom is -0.480 e. The molecule has 1 heterocycles. The van der Waals surface area contributed by atoms with Crippen LogP contribution in [-0.2, 0) is 11.2 Å². The molecule has 98 valence electrons. The summed E-state index contributed by atoms with van der Waals surface area (Å²) in [4.78, 5) is 23.5. The van der Waals surface area contributed by atoms with Crippen molar-refractivity contribution in [3.05, 3.63) is 23.7 Å². The van der Waals surface area contributed by atoms with Crippen LogP contribution in [0.3, 0.4) is 0 Å². The topological polar surface area (TPSA) is 79.5 Å². The molecule has 0 aromatic carbocycles. The van der Waals surface area contributed by atoms with Crippen LogP contribution in [0.5, 0.6) is 0 Å². The first-order chi connectivity index (χ1) is 8.59. The molecule has 1 aromatic heterocycles. The van der Waals surface area contributed by atoms with Crippen LogP contribution in [-0.4, -0.2) is 22.5 Å². The van der Waals surface area contributed by atoms with Crippen LogP contribution in [0.4, 0.5) is 0 Å². The van der Waals surface area contributed by atoms with Gasteiger partial charge in [-0.25, -0.2) is 4.79 Å². The maximum atomic E-state index is 12.1. The van der Waals surface area contributed by atoms with Gasteiger partial charge < -0.3 is 14.8 Å². The zero-order valence-corrected chi connectivity index (χ0v) is 10.4. The van der Waals surface area contributed by atoms with E-state index < -0.39 is 11.5 Å². The zero-order chi connectivity index (χ0) is 13.2. The molecule has 0 radical (unpaired) electrons. The van der Waals surface area contributed by atoms with Gasteiger partial charge >= 0.3 is 5.97 Å². The molecule has 1 saturated carbocycles. The Morgan fingerprint density at radius 3 is 2.67 bits per heavy atom. The minimum atomic E-state index is -1.10. The molecule has 0 aliphatic heterocycles. The Morgan fingerprint density at radius 2 is 2.11 bits per heavy atom. The predicted molar refractivity (Wildman–Crippen MR) is 64.4 cm³/mol. The van der Waals surface area contributed by atoms with Gasteiger partial charge in [-0.1, -0.05) is 19.8 Å². The molecule has 0 saturated heterocycles. The number of rotatable bonds is 4. The Morgan fingerprint density at radius 1 is 1.44 bits per heavy atom. The van der Waals surface area contributed by atoms with Gasteiger partial charge in [0, 0.05) is 6.42 Å². The summed E-state index contributed by atoms with van der Waals surface area (Å²) in [5.41, 5.74) is -0.663. The largest absolute Gasteiger partial charge is 0.480 e. The van der Waals surface area contributed by atoms with Gasteiger partial charge in [-0.15, -0.1) is 0 Å². The molecule has 0 unspecified atom stereocenters. The number of amides is 1. The summed E-state index contributed by atoms with van der Waals surface area (Å²) in [5.74, 6) is -0.717. The van der Waals surface area contributed by atoms with Crippen molar-refractivity contribution in [2.45, 2.75) is 44.6 Å². The molecule has 18 heavy (non-hydrogen) atoms. The van der Waals surface area contributed by atoms with E-state index in [9.17, 15) is 14.7 Å². The second kappa shape index (κ2) is 4.84. The third-order valence-corrected chi connectivity index (χ3v) is 3.53. The van der Waals surface area contributed by atoms with Gasteiger partial charge in [-0.05, 0) is 18.9 Å². The quantitative estimate of drug-likeness (QED) is 0.857. The van der Waals surface area contributed by atoms with Gasteiger partial charge in [0.1, 0.15) is 11.3 Å². The maximum absolute atomic E-state index is 12.1. The minimum absolute atomic E-state index is 0.357. The van der Waals surface area contributed by atoms with Crippen molar-refractivity contribution in [2.75, 3.05) is 0 Å². The van der Waals surface area contributed by atoms with Gasteiger partial charge in [0.05, 0.1) is 11.8 Å². The SMILES string of the molecule is CCc1occc1C(=O)NC1(C(=O)O)CCCC1. The van der Waals surface area contributed by atoms with Crippen LogP contribution in [0.25, 0.3) is 0 Å². The number of nitrogens with one attached hydrogen (secondary N) is 1. The maximum Gasteiger partial charge on any atom is 0.329 e. The van der Waals surface area contributed by atoms with Crippen LogP contribution >= 0.6 is 0 Å². The standard InChI is InChI=1S/C13H17NO4/c1-2-10-9(5-8-18-10)11(15)14-13(12(16)17)6-3-4-7-13/h5,8H,2-4,6-7H2,1H3,(H,14,15)(H,16,17). The van der Waals surface area contributed by atoms with Gasteiger partial charge in [-0.3, -0.25) is 4.79 Å². The van der Waals surface area contributed by atoms with E-state index in [0.29, 0.717) is 30.6 Å². The van der Waals surface area contributed by atoms with Crippen molar-refractivity contribution < 1.29 is 19.1 Å². The van der Waals surface area contributed by atoms with Crippen molar-refractivity contribution in [2.24, 2.45) is 0 Å². The first-order valence-electron chi connectivity index (χ1n) is 6.21. The highest BCUT2D eigenvalue weighted by molar-refractivity contribution is 5.98. The smallest absolute Gasteiger partial charge is 0.329 e. The molecule has 1 fully saturated rings. The molecule has 1 aromatic rings. The van der Waals surface area contributed by atoms with Crippen LogP contribution in [0, 0.1) is 0 Å². The summed E-state index contributed by atoms with van der Waals surface area (Å²) in [6.45, 7) is 1.89. The number of carbonyl (C=O) groups excluding carboxylic acids is 1. The second-order valence-corrected chi connectivity index (χ2v) is 4.66. The van der Waals surface area contributed by atoms with E-state index in [1.807, 2.05) is 6.92 Å². The fourth-order valence-corrected chi connectivity index (χ4v) is 2.47. The molecule has 5 nitrogen and oxygen atoms in total. The lowest BCUT2D eigenvalue weighted by Gasteiger charge is -2.25. The summed E-state index contributed by atoms with van der Waals surface area (Å²) < 4.78 is 5.18. The first-order valence-corrected chi connectivity index (χ1v) is 6.21. The molecule has 2 N–H and O–H groups in total. The van der Waals surface area contributed by atoms with E-state index in [-0.39, 0.29) is 5.91 Å². The fourth-order valence-electron chi connectivity index (χ4n) is 2.47. The number of hydrogen-bond donors (Lipinski definition) is 2. The van der Waals surface area contributed by atoms with Crippen molar-refractivity contribution in [3.8, 4) is 0 Å². The average Bonchev–Trinajstić information content (AvgIpc) is 2.97. The highest BCUT2D eigenvalue weighted by Crippen LogP contribution is 2.30. The van der Waals surface area contributed by atoms with E-state index >= 15 is 0 Å². The van der Waals surface area contributed by atoms with Gasteiger partial charge in [0.25, 0.3) is 5.91 Å². The Bertz CT molecular complexity index is 457. The molecule has 1 aliphatic carbocycles. The van der Waals surface area contributed by atoms with Crippen LogP contribution in [0.1, 0.15) is 48.7 Å².